The Kier molecular flexibility index (Phi) is 4.86. The minimum Gasteiger partial charge on any atom is -0.496 e. The summed E-state index contributed by atoms with van der Waals surface area (Å²) in [6.45, 7) is 4.67. The van der Waals surface area contributed by atoms with Gasteiger partial charge in [-0.1, -0.05) is 30.3 Å². The average Bonchev–Trinajstić information content (AvgIpc) is 2.48. The molecule has 0 spiro atoms. The lowest BCUT2D eigenvalue weighted by Gasteiger charge is -2.25. The number of hydrogen-bond donors (Lipinski definition) is 1. The van der Waals surface area contributed by atoms with Gasteiger partial charge in [0, 0.05) is 24.8 Å². The predicted octanol–water partition coefficient (Wildman–Crippen LogP) is 3.69. The number of rotatable bonds is 5. The largest absolute Gasteiger partial charge is 0.496 e. The number of nitrogens with zero attached hydrogens (tertiary/aromatic N) is 1. The van der Waals surface area contributed by atoms with Crippen LogP contribution in [0.2, 0.25) is 0 Å². The first-order chi connectivity index (χ1) is 10.0. The van der Waals surface area contributed by atoms with Crippen molar-refractivity contribution < 1.29 is 9.84 Å². The minimum atomic E-state index is -0.574. The Morgan fingerprint density at radius 1 is 1.14 bits per heavy atom. The molecule has 0 radical (unpaired) electrons. The maximum absolute atomic E-state index is 10.1. The number of hydrogen-bond acceptors (Lipinski definition) is 3. The molecule has 2 aromatic carbocycles. The molecule has 0 heterocycles. The lowest BCUT2D eigenvalue weighted by atomic mass is 10.0. The molecule has 0 bridgehead atoms. The molecule has 0 unspecified atom stereocenters. The first-order valence-electron chi connectivity index (χ1n) is 7.15. The van der Waals surface area contributed by atoms with Crippen molar-refractivity contribution in [1.29, 1.82) is 0 Å². The van der Waals surface area contributed by atoms with E-state index in [4.69, 9.17) is 4.74 Å². The van der Waals surface area contributed by atoms with Crippen LogP contribution in [0.4, 0.5) is 5.69 Å². The molecule has 0 saturated heterocycles. The van der Waals surface area contributed by atoms with Crippen molar-refractivity contribution in [3.8, 4) is 5.75 Å². The Balaban J connectivity index is 2.35. The number of aliphatic hydroxyl groups is 1. The molecule has 0 aromatic heterocycles. The van der Waals surface area contributed by atoms with Crippen molar-refractivity contribution in [2.45, 2.75) is 26.5 Å². The summed E-state index contributed by atoms with van der Waals surface area (Å²) in [4.78, 5) is 2.15. The van der Waals surface area contributed by atoms with Gasteiger partial charge in [-0.05, 0) is 37.1 Å². The molecule has 1 N–H and O–H groups in total. The van der Waals surface area contributed by atoms with Gasteiger partial charge in [-0.2, -0.15) is 0 Å². The lowest BCUT2D eigenvalue weighted by molar-refractivity contribution is 0.194. The maximum atomic E-state index is 10.1. The summed E-state index contributed by atoms with van der Waals surface area (Å²) >= 11 is 0. The summed E-state index contributed by atoms with van der Waals surface area (Å²) in [6, 6.07) is 14.2. The molecule has 0 aliphatic heterocycles. The zero-order valence-electron chi connectivity index (χ0n) is 13.1. The van der Waals surface area contributed by atoms with Crippen LogP contribution in [-0.4, -0.2) is 19.3 Å². The second-order valence-electron chi connectivity index (χ2n) is 5.35. The van der Waals surface area contributed by atoms with Crippen LogP contribution in [0.25, 0.3) is 0 Å². The molecule has 112 valence electrons. The van der Waals surface area contributed by atoms with Gasteiger partial charge in [0.25, 0.3) is 0 Å². The quantitative estimate of drug-likeness (QED) is 0.909. The van der Waals surface area contributed by atoms with E-state index in [0.29, 0.717) is 0 Å². The smallest absolute Gasteiger partial charge is 0.126 e. The monoisotopic (exact) mass is 285 g/mol. The van der Waals surface area contributed by atoms with Crippen molar-refractivity contribution in [3.05, 3.63) is 59.2 Å². The highest BCUT2D eigenvalue weighted by atomic mass is 16.5. The van der Waals surface area contributed by atoms with Crippen molar-refractivity contribution in [1.82, 2.24) is 0 Å². The van der Waals surface area contributed by atoms with E-state index in [0.717, 1.165) is 23.5 Å². The number of aryl methyl sites for hydroxylation is 1. The standard InChI is InChI=1S/C18H23NO2/c1-13-8-5-6-9-15(13)12-19(3)16-10-7-11-17(21-4)18(16)14(2)20/h5-11,14,20H,12H2,1-4H3/t14-/m0/s1. The first kappa shape index (κ1) is 15.4. The molecule has 3 nitrogen and oxygen atoms in total. The van der Waals surface area contributed by atoms with Gasteiger partial charge in [-0.15, -0.1) is 0 Å². The molecular weight excluding hydrogens is 262 g/mol. The Labute approximate surface area is 126 Å². The summed E-state index contributed by atoms with van der Waals surface area (Å²) < 4.78 is 5.38. The van der Waals surface area contributed by atoms with E-state index in [1.807, 2.05) is 31.3 Å². The summed E-state index contributed by atoms with van der Waals surface area (Å²) in [6.07, 6.45) is -0.574. The fourth-order valence-corrected chi connectivity index (χ4v) is 2.59. The third-order valence-corrected chi connectivity index (χ3v) is 3.76. The van der Waals surface area contributed by atoms with Crippen LogP contribution in [-0.2, 0) is 6.54 Å². The van der Waals surface area contributed by atoms with E-state index in [2.05, 4.69) is 30.0 Å². The van der Waals surface area contributed by atoms with Gasteiger partial charge in [-0.3, -0.25) is 0 Å². The summed E-state index contributed by atoms with van der Waals surface area (Å²) in [5.41, 5.74) is 4.37. The van der Waals surface area contributed by atoms with Gasteiger partial charge in [0.2, 0.25) is 0 Å². The molecule has 0 saturated carbocycles. The maximum Gasteiger partial charge on any atom is 0.126 e. The van der Waals surface area contributed by atoms with Crippen molar-refractivity contribution >= 4 is 5.69 Å². The van der Waals surface area contributed by atoms with E-state index in [1.54, 1.807) is 14.0 Å². The molecule has 0 fully saturated rings. The van der Waals surface area contributed by atoms with Crippen LogP contribution in [0, 0.1) is 6.92 Å². The van der Waals surface area contributed by atoms with E-state index < -0.39 is 6.10 Å². The average molecular weight is 285 g/mol. The topological polar surface area (TPSA) is 32.7 Å². The zero-order valence-corrected chi connectivity index (χ0v) is 13.1. The van der Waals surface area contributed by atoms with Crippen molar-refractivity contribution in [3.63, 3.8) is 0 Å². The Bertz CT molecular complexity index is 608. The predicted molar refractivity (Wildman–Crippen MR) is 86.9 cm³/mol. The highest BCUT2D eigenvalue weighted by Gasteiger charge is 2.17. The molecule has 0 aliphatic carbocycles. The van der Waals surface area contributed by atoms with Crippen LogP contribution >= 0.6 is 0 Å². The lowest BCUT2D eigenvalue weighted by Crippen LogP contribution is -2.19. The number of aliphatic hydroxyl groups excluding tert-OH is 1. The third kappa shape index (κ3) is 3.37. The van der Waals surface area contributed by atoms with Gasteiger partial charge >= 0.3 is 0 Å². The molecule has 2 aromatic rings. The minimum absolute atomic E-state index is 0.574. The number of benzene rings is 2. The third-order valence-electron chi connectivity index (χ3n) is 3.76. The van der Waals surface area contributed by atoms with Crippen LogP contribution in [0.3, 0.4) is 0 Å². The Hall–Kier alpha value is -2.00. The van der Waals surface area contributed by atoms with Crippen LogP contribution in [0.5, 0.6) is 5.75 Å². The second-order valence-corrected chi connectivity index (χ2v) is 5.35. The van der Waals surface area contributed by atoms with Crippen molar-refractivity contribution in [2.75, 3.05) is 19.1 Å². The number of anilines is 1. The van der Waals surface area contributed by atoms with E-state index in [-0.39, 0.29) is 0 Å². The Morgan fingerprint density at radius 3 is 2.48 bits per heavy atom. The number of ether oxygens (including phenoxy) is 1. The molecule has 0 aliphatic rings. The van der Waals surface area contributed by atoms with E-state index in [9.17, 15) is 5.11 Å². The Morgan fingerprint density at radius 2 is 1.86 bits per heavy atom. The fourth-order valence-electron chi connectivity index (χ4n) is 2.59. The van der Waals surface area contributed by atoms with Gasteiger partial charge < -0.3 is 14.7 Å². The summed E-state index contributed by atoms with van der Waals surface area (Å²) in [5.74, 6) is 0.721. The van der Waals surface area contributed by atoms with Gasteiger partial charge in [-0.25, -0.2) is 0 Å². The second kappa shape index (κ2) is 6.64. The van der Waals surface area contributed by atoms with Crippen LogP contribution in [0.1, 0.15) is 29.7 Å². The van der Waals surface area contributed by atoms with Crippen LogP contribution < -0.4 is 9.64 Å². The van der Waals surface area contributed by atoms with Gasteiger partial charge in [0.15, 0.2) is 0 Å². The normalized spacial score (nSPS) is 12.0. The highest BCUT2D eigenvalue weighted by Crippen LogP contribution is 2.34. The summed E-state index contributed by atoms with van der Waals surface area (Å²) in [5, 5.41) is 10.1. The molecular formula is C18H23NO2. The van der Waals surface area contributed by atoms with Gasteiger partial charge in [0.05, 0.1) is 13.2 Å². The van der Waals surface area contributed by atoms with Crippen molar-refractivity contribution in [2.24, 2.45) is 0 Å². The fraction of sp³-hybridized carbons (Fsp3) is 0.333. The molecule has 21 heavy (non-hydrogen) atoms. The SMILES string of the molecule is COc1cccc(N(C)Cc2ccccc2C)c1[C@H](C)O. The van der Waals surface area contributed by atoms with E-state index >= 15 is 0 Å². The number of methoxy groups -OCH3 is 1. The van der Waals surface area contributed by atoms with Gasteiger partial charge in [0.1, 0.15) is 5.75 Å². The highest BCUT2D eigenvalue weighted by molar-refractivity contribution is 5.60. The molecule has 1 atom stereocenters. The first-order valence-corrected chi connectivity index (χ1v) is 7.15. The summed E-state index contributed by atoms with van der Waals surface area (Å²) in [7, 11) is 3.67. The molecule has 2 rings (SSSR count). The van der Waals surface area contributed by atoms with E-state index in [1.165, 1.54) is 11.1 Å². The van der Waals surface area contributed by atoms with Crippen LogP contribution in [0.15, 0.2) is 42.5 Å². The molecule has 0 amide bonds. The molecule has 3 heteroatoms. The zero-order chi connectivity index (χ0) is 15.4.